The summed E-state index contributed by atoms with van der Waals surface area (Å²) in [7, 11) is 6.23. The van der Waals surface area contributed by atoms with Gasteiger partial charge in [0.05, 0.1) is 58.4 Å². The van der Waals surface area contributed by atoms with E-state index in [0.29, 0.717) is 25.4 Å². The molecule has 2 N–H and O–H groups in total. The number of aromatic nitrogens is 7. The third kappa shape index (κ3) is 19.8. The van der Waals surface area contributed by atoms with E-state index in [0.717, 1.165) is 63.1 Å². The van der Waals surface area contributed by atoms with E-state index in [1.54, 1.807) is 73.3 Å². The lowest BCUT2D eigenvalue weighted by atomic mass is 9.77. The molecular formula is C76H106B2Br3I2N7O9. The predicted octanol–water partition coefficient (Wildman–Crippen LogP) is 19.5. The monoisotopic (exact) mass is 1770 g/mol. The first-order valence-corrected chi connectivity index (χ1v) is 37.0. The van der Waals surface area contributed by atoms with E-state index in [4.69, 9.17) is 28.8 Å². The number of fused-ring (bicyclic) bond motifs is 3. The minimum atomic E-state index is -1.01. The second-order valence-corrected chi connectivity index (χ2v) is 32.8. The molecule has 8 aromatic rings. The minimum absolute atomic E-state index is 0. The van der Waals surface area contributed by atoms with Crippen molar-refractivity contribution in [2.45, 2.75) is 247 Å². The molecule has 0 bridgehead atoms. The second kappa shape index (κ2) is 34.9. The number of hydrogen-bond donors (Lipinski definition) is 2. The Morgan fingerprint density at radius 3 is 1.19 bits per heavy atom. The zero-order chi connectivity index (χ0) is 70.8. The van der Waals surface area contributed by atoms with Crippen LogP contribution in [0.4, 0.5) is 0 Å². The zero-order valence-electron chi connectivity index (χ0n) is 59.8. The molecular weight excluding hydrogens is 1670 g/mol. The number of nitrogens with zero attached hydrogens (tertiary/aromatic N) is 7. The Hall–Kier alpha value is -3.76. The molecule has 0 radical (unpaired) electrons. The fourth-order valence-corrected chi connectivity index (χ4v) is 14.2. The maximum absolute atomic E-state index is 11.9. The largest absolute Gasteiger partial charge is 0.512 e. The predicted molar refractivity (Wildman–Crippen MR) is 436 cm³/mol. The molecule has 5 aromatic heterocycles. The van der Waals surface area contributed by atoms with Gasteiger partial charge in [0.2, 0.25) is 0 Å². The number of aliphatic hydroxyl groups is 2. The standard InChI is InChI=1S/C22H30BNO3.C20H20BrN3O.C16H18BrNO.C6H13BO2.C6H14O2.C4H2BrIN2.2CH4.HI/c1-14(25)16-11-12-17-18(13-16)24(6)20(19(17)15-9-7-8-10-15)23-26-21(2,3)22(4,5)27-23;1-12(25)14-7-8-16-17(9-14)24(2)19(18(16)13-5-3-4-6-13)20-22-10-15(21)11-23-20;1-10(19)12-7-8-13-14(9-12)18(2)16(17)15(13)11-5-3-4-6-11;1-5(2)6(3,4)9-7-8-5;1-5(2,7)6(3,4)8;5-3-1-7-4(6)8-2-3;;;/h11-13,15H,7-10H2,1-6H3;7-11,13H,3-6H2,1-2H3;7-9,11H,3-6H2,1-2H3;7H,1-4H3;7-8H,1-4H3;1-2H;2*1H4;1H. The van der Waals surface area contributed by atoms with Gasteiger partial charge < -0.3 is 42.5 Å². The van der Waals surface area contributed by atoms with Crippen LogP contribution in [0.1, 0.15) is 261 Å². The molecule has 13 rings (SSSR count). The molecule has 0 spiro atoms. The Balaban J connectivity index is 0.000000227. The number of carbonyl (C=O) groups is 3. The van der Waals surface area contributed by atoms with Crippen molar-refractivity contribution >= 4 is 165 Å². The molecule has 7 heterocycles. The molecule has 2 saturated heterocycles. The van der Waals surface area contributed by atoms with Crippen LogP contribution in [0.2, 0.25) is 0 Å². The quantitative estimate of drug-likeness (QED) is 0.0600. The highest BCUT2D eigenvalue weighted by Crippen LogP contribution is 2.47. The number of carbonyl (C=O) groups excluding carboxylic acids is 3. The van der Waals surface area contributed by atoms with Crippen molar-refractivity contribution in [3.8, 4) is 11.5 Å². The van der Waals surface area contributed by atoms with Crippen LogP contribution in [-0.2, 0) is 39.8 Å². The van der Waals surface area contributed by atoms with Crippen LogP contribution in [0.15, 0.2) is 92.9 Å². The first-order valence-electron chi connectivity index (χ1n) is 33.5. The van der Waals surface area contributed by atoms with Gasteiger partial charge in [-0.1, -0.05) is 89.8 Å². The lowest BCUT2D eigenvalue weighted by Crippen LogP contribution is -2.44. The van der Waals surface area contributed by atoms with Crippen molar-refractivity contribution in [1.29, 1.82) is 0 Å². The summed E-state index contributed by atoms with van der Waals surface area (Å²) in [6.45, 7) is 27.7. The van der Waals surface area contributed by atoms with Gasteiger partial charge in [0.15, 0.2) is 27.0 Å². The van der Waals surface area contributed by atoms with Gasteiger partial charge in [-0.3, -0.25) is 14.4 Å². The van der Waals surface area contributed by atoms with Gasteiger partial charge in [0, 0.05) is 118 Å². The highest BCUT2D eigenvalue weighted by molar-refractivity contribution is 14.1. The van der Waals surface area contributed by atoms with Crippen LogP contribution in [0, 0.1) is 3.83 Å². The molecule has 0 unspecified atom stereocenters. The van der Waals surface area contributed by atoms with Gasteiger partial charge in [-0.05, 0) is 243 Å². The van der Waals surface area contributed by atoms with E-state index in [-0.39, 0.29) is 85.7 Å². The zero-order valence-corrected chi connectivity index (χ0v) is 69.1. The van der Waals surface area contributed by atoms with Gasteiger partial charge in [0.25, 0.3) is 0 Å². The van der Waals surface area contributed by atoms with E-state index in [1.165, 1.54) is 115 Å². The van der Waals surface area contributed by atoms with Crippen LogP contribution in [0.3, 0.4) is 0 Å². The summed E-state index contributed by atoms with van der Waals surface area (Å²) in [6.07, 6.45) is 22.2. The second-order valence-electron chi connectivity index (χ2n) is 29.3. The van der Waals surface area contributed by atoms with E-state index in [1.807, 2.05) is 71.1 Å². The topological polar surface area (TPSA) is 195 Å². The van der Waals surface area contributed by atoms with Crippen molar-refractivity contribution in [2.75, 3.05) is 0 Å². The van der Waals surface area contributed by atoms with Crippen LogP contribution in [0.25, 0.3) is 44.2 Å². The summed E-state index contributed by atoms with van der Waals surface area (Å²) in [6, 6.07) is 18.2. The lowest BCUT2D eigenvalue weighted by Gasteiger charge is -2.32. The molecule has 540 valence electrons. The summed E-state index contributed by atoms with van der Waals surface area (Å²) < 4.78 is 33.8. The lowest BCUT2D eigenvalue weighted by molar-refractivity contribution is -0.107. The molecule has 99 heavy (non-hydrogen) atoms. The number of halogens is 5. The van der Waals surface area contributed by atoms with Gasteiger partial charge >= 0.3 is 14.8 Å². The Morgan fingerprint density at radius 1 is 0.525 bits per heavy atom. The highest BCUT2D eigenvalue weighted by Gasteiger charge is 2.54. The number of Topliss-reactive ketones (excluding diaryl/α,β-unsaturated/α-hetero) is 3. The maximum atomic E-state index is 11.9. The summed E-state index contributed by atoms with van der Waals surface area (Å²) in [5.74, 6) is 2.79. The number of rotatable bonds is 9. The third-order valence-electron chi connectivity index (χ3n) is 20.9. The molecule has 5 aliphatic rings. The minimum Gasteiger partial charge on any atom is -0.406 e. The first-order chi connectivity index (χ1) is 44.8. The van der Waals surface area contributed by atoms with Crippen LogP contribution in [0.5, 0.6) is 0 Å². The fraction of sp³-hybridized carbons (Fsp3) is 0.539. The summed E-state index contributed by atoms with van der Waals surface area (Å²) in [5, 5.41) is 22.0. The Morgan fingerprint density at radius 2 is 0.848 bits per heavy atom. The van der Waals surface area contributed by atoms with Gasteiger partial charge in [0.1, 0.15) is 0 Å². The normalized spacial score (nSPS) is 17.6. The first kappa shape index (κ1) is 85.9. The molecule has 0 amide bonds. The number of ketones is 3. The van der Waals surface area contributed by atoms with E-state index in [9.17, 15) is 14.4 Å². The van der Waals surface area contributed by atoms with E-state index in [2.05, 4.69) is 164 Å². The molecule has 16 nitrogen and oxygen atoms in total. The molecule has 23 heteroatoms. The average molecular weight is 1780 g/mol. The summed E-state index contributed by atoms with van der Waals surface area (Å²) in [5.41, 5.74) is 8.93. The van der Waals surface area contributed by atoms with E-state index < -0.39 is 11.2 Å². The SMILES string of the molecule is Brc1cnc(I)nc1.C.C.CC(=O)c1ccc2c(C3CCCC3)c(-c3ncc(Br)cn3)n(C)c2c1.CC(=O)c1ccc2c(C3CCCC3)c(B3OC(C)(C)C(C)(C)O3)n(C)c2c1.CC(=O)c1ccc2c(C3CCCC3)c(Br)n(C)c2c1.CC(C)(O)C(C)(C)O.CC1(C)OBOC1(C)C.I. The number of hydrogen-bond acceptors (Lipinski definition) is 13. The molecule has 3 saturated carbocycles. The Labute approximate surface area is 645 Å². The maximum Gasteiger partial charge on any atom is 0.512 e. The molecule has 0 atom stereocenters. The van der Waals surface area contributed by atoms with Crippen LogP contribution < -0.4 is 5.59 Å². The Kier molecular flexibility index (Phi) is 30.3. The smallest absolute Gasteiger partial charge is 0.406 e. The van der Waals surface area contributed by atoms with Crippen molar-refractivity contribution in [3.05, 3.63) is 130 Å². The number of benzene rings is 3. The number of aryl methyl sites for hydroxylation is 3. The van der Waals surface area contributed by atoms with Gasteiger partial charge in [-0.15, -0.1) is 24.0 Å². The van der Waals surface area contributed by atoms with Crippen molar-refractivity contribution in [2.24, 2.45) is 21.1 Å². The Bertz CT molecular complexity index is 4020. The van der Waals surface area contributed by atoms with E-state index >= 15 is 0 Å². The third-order valence-corrected chi connectivity index (χ3v) is 23.2. The van der Waals surface area contributed by atoms with Crippen molar-refractivity contribution in [3.63, 3.8) is 0 Å². The van der Waals surface area contributed by atoms with Crippen LogP contribution >= 0.6 is 94.4 Å². The summed E-state index contributed by atoms with van der Waals surface area (Å²) >= 11 is 12.4. The van der Waals surface area contributed by atoms with Crippen molar-refractivity contribution in [1.82, 2.24) is 33.6 Å². The summed E-state index contributed by atoms with van der Waals surface area (Å²) in [4.78, 5) is 52.2. The van der Waals surface area contributed by atoms with Crippen molar-refractivity contribution < 1.29 is 43.2 Å². The average Bonchev–Trinajstić information content (AvgIpc) is 1.59. The molecule has 2 aliphatic heterocycles. The highest BCUT2D eigenvalue weighted by atomic mass is 127. The van der Waals surface area contributed by atoms with Gasteiger partial charge in [-0.2, -0.15) is 0 Å². The molecule has 3 aromatic carbocycles. The molecule has 3 aliphatic carbocycles. The van der Waals surface area contributed by atoms with Gasteiger partial charge in [-0.25, -0.2) is 19.9 Å². The fourth-order valence-electron chi connectivity index (χ4n) is 12.8. The molecule has 5 fully saturated rings. The van der Waals surface area contributed by atoms with Crippen LogP contribution in [-0.4, -0.2) is 110 Å².